The minimum atomic E-state index is -0.208. The van der Waals surface area contributed by atoms with Gasteiger partial charge in [-0.2, -0.15) is 0 Å². The number of halogens is 2. The molecule has 2 rings (SSSR count). The first-order valence-electron chi connectivity index (χ1n) is 5.91. The molecule has 0 aliphatic rings. The Bertz CT molecular complexity index is 537. The summed E-state index contributed by atoms with van der Waals surface area (Å²) < 4.78 is 14.8. The van der Waals surface area contributed by atoms with Crippen LogP contribution in [0.4, 0.5) is 15.8 Å². The number of benzene rings is 2. The largest absolute Gasteiger partial charge is 0.339 e. The molecule has 0 N–H and O–H groups in total. The lowest BCUT2D eigenvalue weighted by molar-refractivity contribution is 0.625. The van der Waals surface area contributed by atoms with E-state index in [2.05, 4.69) is 15.9 Å². The maximum absolute atomic E-state index is 13.9. The molecule has 2 aromatic rings. The SMILES string of the molecule is CCN(c1ccc(C)cc1)c1cc(Br)ccc1F. The molecule has 0 heterocycles. The van der Waals surface area contributed by atoms with Crippen molar-refractivity contribution in [3.05, 3.63) is 58.3 Å². The summed E-state index contributed by atoms with van der Waals surface area (Å²) in [5.41, 5.74) is 2.79. The molecule has 0 aliphatic heterocycles. The van der Waals surface area contributed by atoms with Crippen LogP contribution in [0.5, 0.6) is 0 Å². The van der Waals surface area contributed by atoms with E-state index in [9.17, 15) is 4.39 Å². The molecule has 0 fully saturated rings. The fraction of sp³-hybridized carbons (Fsp3) is 0.200. The lowest BCUT2D eigenvalue weighted by Crippen LogP contribution is -2.17. The number of aryl methyl sites for hydroxylation is 1. The van der Waals surface area contributed by atoms with Crippen molar-refractivity contribution in [2.24, 2.45) is 0 Å². The van der Waals surface area contributed by atoms with Gasteiger partial charge < -0.3 is 4.90 Å². The highest BCUT2D eigenvalue weighted by atomic mass is 79.9. The van der Waals surface area contributed by atoms with Gasteiger partial charge in [0.1, 0.15) is 5.82 Å². The van der Waals surface area contributed by atoms with Gasteiger partial charge in [0.15, 0.2) is 0 Å². The first kappa shape index (κ1) is 13.1. The molecule has 0 aliphatic carbocycles. The standard InChI is InChI=1S/C15H15BrFN/c1-3-18(13-7-4-11(2)5-8-13)15-10-12(16)6-9-14(15)17/h4-10H,3H2,1-2H3. The van der Waals surface area contributed by atoms with Gasteiger partial charge in [-0.3, -0.25) is 0 Å². The second-order valence-corrected chi connectivity index (χ2v) is 5.09. The molecule has 0 saturated heterocycles. The molecule has 0 amide bonds. The second-order valence-electron chi connectivity index (χ2n) is 4.18. The molecule has 0 radical (unpaired) electrons. The molecular weight excluding hydrogens is 293 g/mol. The van der Waals surface area contributed by atoms with Crippen LogP contribution in [-0.2, 0) is 0 Å². The zero-order valence-corrected chi connectivity index (χ0v) is 12.0. The summed E-state index contributed by atoms with van der Waals surface area (Å²) in [6.45, 7) is 4.77. The quantitative estimate of drug-likeness (QED) is 0.766. The van der Waals surface area contributed by atoms with Crippen LogP contribution in [0.1, 0.15) is 12.5 Å². The topological polar surface area (TPSA) is 3.24 Å². The summed E-state index contributed by atoms with van der Waals surface area (Å²) in [7, 11) is 0. The molecule has 18 heavy (non-hydrogen) atoms. The van der Waals surface area contributed by atoms with Gasteiger partial charge in [0, 0.05) is 16.7 Å². The summed E-state index contributed by atoms with van der Waals surface area (Å²) in [6.07, 6.45) is 0. The Balaban J connectivity index is 2.44. The predicted octanol–water partition coefficient (Wildman–Crippen LogP) is 5.05. The van der Waals surface area contributed by atoms with Crippen molar-refractivity contribution in [2.45, 2.75) is 13.8 Å². The van der Waals surface area contributed by atoms with Crippen LogP contribution in [-0.4, -0.2) is 6.54 Å². The first-order valence-corrected chi connectivity index (χ1v) is 6.70. The van der Waals surface area contributed by atoms with E-state index in [0.717, 1.165) is 16.7 Å². The van der Waals surface area contributed by atoms with Crippen molar-refractivity contribution in [1.29, 1.82) is 0 Å². The lowest BCUT2D eigenvalue weighted by atomic mass is 10.2. The van der Waals surface area contributed by atoms with Gasteiger partial charge in [0.05, 0.1) is 5.69 Å². The third-order valence-corrected chi connectivity index (χ3v) is 3.35. The van der Waals surface area contributed by atoms with E-state index >= 15 is 0 Å². The van der Waals surface area contributed by atoms with Crippen LogP contribution in [0, 0.1) is 12.7 Å². The number of hydrogen-bond donors (Lipinski definition) is 0. The van der Waals surface area contributed by atoms with Crippen molar-refractivity contribution in [1.82, 2.24) is 0 Å². The smallest absolute Gasteiger partial charge is 0.146 e. The van der Waals surface area contributed by atoms with Crippen LogP contribution >= 0.6 is 15.9 Å². The van der Waals surface area contributed by atoms with E-state index in [1.54, 1.807) is 12.1 Å². The second kappa shape index (κ2) is 5.53. The minimum absolute atomic E-state index is 0.208. The Hall–Kier alpha value is -1.35. The molecule has 0 atom stereocenters. The first-order chi connectivity index (χ1) is 8.61. The van der Waals surface area contributed by atoms with Crippen molar-refractivity contribution in [3.63, 3.8) is 0 Å². The highest BCUT2D eigenvalue weighted by Crippen LogP contribution is 2.30. The molecule has 0 spiro atoms. The summed E-state index contributed by atoms with van der Waals surface area (Å²) in [5, 5.41) is 0. The third-order valence-electron chi connectivity index (χ3n) is 2.86. The third kappa shape index (κ3) is 2.72. The lowest BCUT2D eigenvalue weighted by Gasteiger charge is -2.24. The van der Waals surface area contributed by atoms with Crippen LogP contribution in [0.2, 0.25) is 0 Å². The Morgan fingerprint density at radius 2 is 1.78 bits per heavy atom. The summed E-state index contributed by atoms with van der Waals surface area (Å²) in [4.78, 5) is 1.96. The van der Waals surface area contributed by atoms with Crippen LogP contribution in [0.25, 0.3) is 0 Å². The maximum Gasteiger partial charge on any atom is 0.146 e. The van der Waals surface area contributed by atoms with Crippen LogP contribution in [0.3, 0.4) is 0 Å². The zero-order valence-electron chi connectivity index (χ0n) is 10.5. The van der Waals surface area contributed by atoms with E-state index in [4.69, 9.17) is 0 Å². The average Bonchev–Trinajstić information content (AvgIpc) is 2.37. The average molecular weight is 308 g/mol. The van der Waals surface area contributed by atoms with Gasteiger partial charge >= 0.3 is 0 Å². The number of anilines is 2. The number of rotatable bonds is 3. The van der Waals surface area contributed by atoms with Gasteiger partial charge in [-0.15, -0.1) is 0 Å². The van der Waals surface area contributed by atoms with Crippen molar-refractivity contribution in [2.75, 3.05) is 11.4 Å². The molecule has 3 heteroatoms. The van der Waals surface area contributed by atoms with Crippen molar-refractivity contribution < 1.29 is 4.39 Å². The molecule has 0 unspecified atom stereocenters. The fourth-order valence-electron chi connectivity index (χ4n) is 1.91. The maximum atomic E-state index is 13.9. The van der Waals surface area contributed by atoms with Gasteiger partial charge in [0.2, 0.25) is 0 Å². The predicted molar refractivity (Wildman–Crippen MR) is 78.0 cm³/mol. The zero-order chi connectivity index (χ0) is 13.1. The van der Waals surface area contributed by atoms with Crippen molar-refractivity contribution in [3.8, 4) is 0 Å². The molecule has 94 valence electrons. The van der Waals surface area contributed by atoms with E-state index in [0.29, 0.717) is 5.69 Å². The molecule has 0 aromatic heterocycles. The van der Waals surface area contributed by atoms with E-state index in [1.807, 2.05) is 43.0 Å². The highest BCUT2D eigenvalue weighted by Gasteiger charge is 2.12. The van der Waals surface area contributed by atoms with Gasteiger partial charge in [-0.25, -0.2) is 4.39 Å². The van der Waals surface area contributed by atoms with Crippen molar-refractivity contribution >= 4 is 27.3 Å². The molecule has 0 saturated carbocycles. The number of nitrogens with zero attached hydrogens (tertiary/aromatic N) is 1. The summed E-state index contributed by atoms with van der Waals surface area (Å²) in [5.74, 6) is -0.208. The van der Waals surface area contributed by atoms with Crippen LogP contribution in [0.15, 0.2) is 46.9 Å². The summed E-state index contributed by atoms with van der Waals surface area (Å²) >= 11 is 3.38. The Morgan fingerprint density at radius 3 is 2.39 bits per heavy atom. The Labute approximate surface area is 115 Å². The van der Waals surface area contributed by atoms with E-state index < -0.39 is 0 Å². The van der Waals surface area contributed by atoms with Gasteiger partial charge in [-0.1, -0.05) is 33.6 Å². The Kier molecular flexibility index (Phi) is 4.02. The highest BCUT2D eigenvalue weighted by molar-refractivity contribution is 9.10. The van der Waals surface area contributed by atoms with E-state index in [1.165, 1.54) is 11.6 Å². The van der Waals surface area contributed by atoms with Crippen LogP contribution < -0.4 is 4.90 Å². The fourth-order valence-corrected chi connectivity index (χ4v) is 2.26. The molecular formula is C15H15BrFN. The molecule has 2 aromatic carbocycles. The monoisotopic (exact) mass is 307 g/mol. The molecule has 0 bridgehead atoms. The normalized spacial score (nSPS) is 10.4. The molecule has 1 nitrogen and oxygen atoms in total. The summed E-state index contributed by atoms with van der Waals surface area (Å²) in [6, 6.07) is 13.1. The van der Waals surface area contributed by atoms with Gasteiger partial charge in [-0.05, 0) is 44.2 Å². The Morgan fingerprint density at radius 1 is 1.11 bits per heavy atom. The van der Waals surface area contributed by atoms with Gasteiger partial charge in [0.25, 0.3) is 0 Å². The number of hydrogen-bond acceptors (Lipinski definition) is 1. The van der Waals surface area contributed by atoms with E-state index in [-0.39, 0.29) is 5.82 Å². The minimum Gasteiger partial charge on any atom is -0.339 e.